The molecular weight excluding hydrogens is 167 g/mol. The van der Waals surface area contributed by atoms with E-state index < -0.39 is 0 Å². The lowest BCUT2D eigenvalue weighted by Crippen LogP contribution is -1.85. The molecule has 2 rings (SSSR count). The topological polar surface area (TPSA) is 13.1 Å². The van der Waals surface area contributed by atoms with E-state index in [1.807, 2.05) is 6.07 Å². The molecule has 0 bridgehead atoms. The van der Waals surface area contributed by atoms with Gasteiger partial charge in [0.2, 0.25) is 0 Å². The van der Waals surface area contributed by atoms with Crippen molar-refractivity contribution < 1.29 is 8.81 Å². The highest BCUT2D eigenvalue weighted by molar-refractivity contribution is 5.23. The van der Waals surface area contributed by atoms with Gasteiger partial charge in [-0.3, -0.25) is 0 Å². The van der Waals surface area contributed by atoms with Crippen LogP contribution in [-0.4, -0.2) is 0 Å². The summed E-state index contributed by atoms with van der Waals surface area (Å²) >= 11 is 0. The second-order valence-electron chi connectivity index (χ2n) is 2.93. The molecule has 1 aromatic heterocycles. The molecule has 0 aliphatic carbocycles. The van der Waals surface area contributed by atoms with Crippen molar-refractivity contribution in [1.82, 2.24) is 0 Å². The molecule has 13 heavy (non-hydrogen) atoms. The monoisotopic (exact) mass is 176 g/mol. The summed E-state index contributed by atoms with van der Waals surface area (Å²) in [6.07, 6.45) is 4.12. The van der Waals surface area contributed by atoms with Gasteiger partial charge in [-0.2, -0.15) is 0 Å². The maximum absolute atomic E-state index is 12.5. The first-order valence-electron chi connectivity index (χ1n) is 4.10. The van der Waals surface area contributed by atoms with Crippen LogP contribution in [0.5, 0.6) is 0 Å². The van der Waals surface area contributed by atoms with E-state index in [0.29, 0.717) is 0 Å². The Morgan fingerprint density at radius 1 is 1.00 bits per heavy atom. The summed E-state index contributed by atoms with van der Waals surface area (Å²) in [7, 11) is 0. The number of hydrogen-bond acceptors (Lipinski definition) is 1. The molecule has 0 aliphatic heterocycles. The van der Waals surface area contributed by atoms with Crippen LogP contribution >= 0.6 is 0 Å². The van der Waals surface area contributed by atoms with Crippen molar-refractivity contribution in [2.75, 3.05) is 0 Å². The maximum Gasteiger partial charge on any atom is 0.123 e. The summed E-state index contributed by atoms with van der Waals surface area (Å²) in [5.41, 5.74) is 2.19. The third kappa shape index (κ3) is 1.96. The molecule has 0 amide bonds. The fourth-order valence-corrected chi connectivity index (χ4v) is 1.23. The Balaban J connectivity index is 2.15. The lowest BCUT2D eigenvalue weighted by Gasteiger charge is -1.97. The minimum Gasteiger partial charge on any atom is -0.472 e. The van der Waals surface area contributed by atoms with Crippen molar-refractivity contribution in [3.05, 3.63) is 59.8 Å². The first-order valence-corrected chi connectivity index (χ1v) is 4.10. The van der Waals surface area contributed by atoms with E-state index in [1.54, 1.807) is 24.7 Å². The van der Waals surface area contributed by atoms with Gasteiger partial charge in [-0.1, -0.05) is 12.1 Å². The van der Waals surface area contributed by atoms with Gasteiger partial charge in [0.1, 0.15) is 5.82 Å². The van der Waals surface area contributed by atoms with E-state index >= 15 is 0 Å². The van der Waals surface area contributed by atoms with Gasteiger partial charge >= 0.3 is 0 Å². The van der Waals surface area contributed by atoms with E-state index in [2.05, 4.69) is 0 Å². The van der Waals surface area contributed by atoms with Crippen LogP contribution in [0.15, 0.2) is 47.3 Å². The predicted octanol–water partition coefficient (Wildman–Crippen LogP) is 3.01. The van der Waals surface area contributed by atoms with Crippen LogP contribution in [0.1, 0.15) is 11.1 Å². The van der Waals surface area contributed by atoms with Crippen molar-refractivity contribution in [2.24, 2.45) is 0 Å². The second kappa shape index (κ2) is 3.44. The minimum absolute atomic E-state index is 0.198. The lowest BCUT2D eigenvalue weighted by atomic mass is 10.1. The summed E-state index contributed by atoms with van der Waals surface area (Å²) in [6.45, 7) is 0. The van der Waals surface area contributed by atoms with E-state index in [0.717, 1.165) is 17.5 Å². The van der Waals surface area contributed by atoms with Gasteiger partial charge in [-0.05, 0) is 29.3 Å². The highest BCUT2D eigenvalue weighted by Crippen LogP contribution is 2.10. The van der Waals surface area contributed by atoms with E-state index in [4.69, 9.17) is 4.42 Å². The largest absolute Gasteiger partial charge is 0.472 e. The zero-order valence-electron chi connectivity index (χ0n) is 7.03. The Morgan fingerprint density at radius 3 is 2.38 bits per heavy atom. The Bertz CT molecular complexity index is 361. The van der Waals surface area contributed by atoms with Gasteiger partial charge in [0.05, 0.1) is 12.5 Å². The first kappa shape index (κ1) is 8.05. The summed E-state index contributed by atoms with van der Waals surface area (Å²) in [5.74, 6) is -0.198. The molecule has 0 unspecified atom stereocenters. The van der Waals surface area contributed by atoms with E-state index in [1.165, 1.54) is 12.1 Å². The van der Waals surface area contributed by atoms with Crippen LogP contribution in [0.25, 0.3) is 0 Å². The highest BCUT2D eigenvalue weighted by Gasteiger charge is 1.97. The van der Waals surface area contributed by atoms with Gasteiger partial charge < -0.3 is 4.42 Å². The third-order valence-electron chi connectivity index (χ3n) is 1.90. The second-order valence-corrected chi connectivity index (χ2v) is 2.93. The number of furan rings is 1. The molecule has 0 spiro atoms. The summed E-state index contributed by atoms with van der Waals surface area (Å²) in [4.78, 5) is 0. The molecule has 2 heteroatoms. The average Bonchev–Trinajstić information content (AvgIpc) is 2.62. The van der Waals surface area contributed by atoms with E-state index in [-0.39, 0.29) is 5.82 Å². The highest BCUT2D eigenvalue weighted by atomic mass is 19.1. The molecule has 1 heterocycles. The van der Waals surface area contributed by atoms with Crippen LogP contribution in [0.4, 0.5) is 4.39 Å². The smallest absolute Gasteiger partial charge is 0.123 e. The van der Waals surface area contributed by atoms with Gasteiger partial charge in [0.15, 0.2) is 0 Å². The molecule has 66 valence electrons. The Kier molecular flexibility index (Phi) is 2.13. The standard InChI is InChI=1S/C11H9FO/c12-11-3-1-9(2-4-11)7-10-5-6-13-8-10/h1-6,8H,7H2. The average molecular weight is 176 g/mol. The fourth-order valence-electron chi connectivity index (χ4n) is 1.23. The van der Waals surface area contributed by atoms with E-state index in [9.17, 15) is 4.39 Å². The Labute approximate surface area is 75.8 Å². The first-order chi connectivity index (χ1) is 6.34. The van der Waals surface area contributed by atoms with Crippen molar-refractivity contribution in [3.8, 4) is 0 Å². The zero-order chi connectivity index (χ0) is 9.10. The van der Waals surface area contributed by atoms with Crippen LogP contribution in [0.2, 0.25) is 0 Å². The molecule has 0 atom stereocenters. The Hall–Kier alpha value is -1.57. The number of halogens is 1. The number of rotatable bonds is 2. The van der Waals surface area contributed by atoms with Crippen LogP contribution in [-0.2, 0) is 6.42 Å². The molecule has 0 aliphatic rings. The molecule has 1 nitrogen and oxygen atoms in total. The lowest BCUT2D eigenvalue weighted by molar-refractivity contribution is 0.564. The quantitative estimate of drug-likeness (QED) is 0.685. The molecule has 0 N–H and O–H groups in total. The van der Waals surface area contributed by atoms with Gasteiger partial charge in [0.25, 0.3) is 0 Å². The molecule has 0 radical (unpaired) electrons. The molecule has 0 fully saturated rings. The van der Waals surface area contributed by atoms with Crippen molar-refractivity contribution >= 4 is 0 Å². The third-order valence-corrected chi connectivity index (χ3v) is 1.90. The molecule has 1 aromatic carbocycles. The molecular formula is C11H9FO. The molecule has 0 saturated carbocycles. The van der Waals surface area contributed by atoms with Crippen LogP contribution in [0, 0.1) is 5.82 Å². The van der Waals surface area contributed by atoms with Crippen molar-refractivity contribution in [3.63, 3.8) is 0 Å². The summed E-state index contributed by atoms with van der Waals surface area (Å²) in [6, 6.07) is 8.40. The van der Waals surface area contributed by atoms with Gasteiger partial charge in [-0.15, -0.1) is 0 Å². The zero-order valence-corrected chi connectivity index (χ0v) is 7.03. The van der Waals surface area contributed by atoms with Crippen molar-refractivity contribution in [2.45, 2.75) is 6.42 Å². The summed E-state index contributed by atoms with van der Waals surface area (Å²) < 4.78 is 17.5. The van der Waals surface area contributed by atoms with Crippen molar-refractivity contribution in [1.29, 1.82) is 0 Å². The predicted molar refractivity (Wildman–Crippen MR) is 47.9 cm³/mol. The molecule has 0 saturated heterocycles. The Morgan fingerprint density at radius 2 is 1.77 bits per heavy atom. The van der Waals surface area contributed by atoms with Crippen LogP contribution < -0.4 is 0 Å². The van der Waals surface area contributed by atoms with Gasteiger partial charge in [0, 0.05) is 6.42 Å². The molecule has 2 aromatic rings. The van der Waals surface area contributed by atoms with Crippen LogP contribution in [0.3, 0.4) is 0 Å². The van der Waals surface area contributed by atoms with Gasteiger partial charge in [-0.25, -0.2) is 4.39 Å². The normalized spacial score (nSPS) is 10.2. The number of hydrogen-bond donors (Lipinski definition) is 0. The minimum atomic E-state index is -0.198. The fraction of sp³-hybridized carbons (Fsp3) is 0.0909. The summed E-state index contributed by atoms with van der Waals surface area (Å²) in [5, 5.41) is 0. The SMILES string of the molecule is Fc1ccc(Cc2ccoc2)cc1. The maximum atomic E-state index is 12.5. The number of benzene rings is 1.